The lowest BCUT2D eigenvalue weighted by Gasteiger charge is -2.21. The first-order valence-electron chi connectivity index (χ1n) is 8.29. The zero-order chi connectivity index (χ0) is 17.1. The Morgan fingerprint density at radius 2 is 1.83 bits per heavy atom. The van der Waals surface area contributed by atoms with E-state index in [2.05, 4.69) is 6.92 Å². The summed E-state index contributed by atoms with van der Waals surface area (Å²) in [6.45, 7) is 4.31. The molecule has 4 nitrogen and oxygen atoms in total. The summed E-state index contributed by atoms with van der Waals surface area (Å²) in [4.78, 5) is 26.6. The Kier molecular flexibility index (Phi) is 4.65. The molecule has 1 aliphatic rings. The molecule has 0 saturated carbocycles. The van der Waals surface area contributed by atoms with E-state index in [1.54, 1.807) is 24.0 Å². The van der Waals surface area contributed by atoms with E-state index in [0.29, 0.717) is 12.1 Å². The first-order valence-corrected chi connectivity index (χ1v) is 8.29. The van der Waals surface area contributed by atoms with Crippen LogP contribution in [0.4, 0.5) is 5.69 Å². The van der Waals surface area contributed by atoms with Crippen molar-refractivity contribution in [3.05, 3.63) is 65.2 Å². The lowest BCUT2D eigenvalue weighted by Crippen LogP contribution is -2.39. The number of carbonyl (C=O) groups excluding carboxylic acids is 2. The number of para-hydroxylation sites is 1. The molecule has 24 heavy (non-hydrogen) atoms. The molecule has 3 rings (SSSR count). The lowest BCUT2D eigenvalue weighted by atomic mass is 10.1. The molecular weight excluding hydrogens is 302 g/mol. The van der Waals surface area contributed by atoms with E-state index in [0.717, 1.165) is 29.7 Å². The van der Waals surface area contributed by atoms with Crippen LogP contribution in [-0.2, 0) is 22.4 Å². The highest BCUT2D eigenvalue weighted by Gasteiger charge is 2.29. The molecule has 0 radical (unpaired) electrons. The summed E-state index contributed by atoms with van der Waals surface area (Å²) in [5.74, 6) is -0.649. The number of amides is 1. The fourth-order valence-corrected chi connectivity index (χ4v) is 2.94. The number of rotatable bonds is 4. The minimum Gasteiger partial charge on any atom is -0.449 e. The number of anilines is 1. The van der Waals surface area contributed by atoms with Crippen molar-refractivity contribution in [1.82, 2.24) is 0 Å². The molecular formula is C20H21NO3. The van der Waals surface area contributed by atoms with Gasteiger partial charge in [-0.15, -0.1) is 0 Å². The van der Waals surface area contributed by atoms with Crippen molar-refractivity contribution in [2.45, 2.75) is 32.8 Å². The molecule has 1 atom stereocenters. The van der Waals surface area contributed by atoms with Crippen molar-refractivity contribution in [2.75, 3.05) is 11.4 Å². The molecule has 124 valence electrons. The van der Waals surface area contributed by atoms with Gasteiger partial charge >= 0.3 is 5.97 Å². The van der Waals surface area contributed by atoms with Gasteiger partial charge in [0.1, 0.15) is 0 Å². The maximum Gasteiger partial charge on any atom is 0.338 e. The zero-order valence-corrected chi connectivity index (χ0v) is 14.0. The fourth-order valence-electron chi connectivity index (χ4n) is 2.94. The molecule has 0 aromatic heterocycles. The molecule has 1 heterocycles. The number of hydrogen-bond acceptors (Lipinski definition) is 3. The Balaban J connectivity index is 1.67. The number of nitrogens with zero attached hydrogens (tertiary/aromatic N) is 1. The van der Waals surface area contributed by atoms with Gasteiger partial charge < -0.3 is 9.64 Å². The van der Waals surface area contributed by atoms with Crippen molar-refractivity contribution >= 4 is 17.6 Å². The van der Waals surface area contributed by atoms with Gasteiger partial charge in [-0.3, -0.25) is 4.79 Å². The number of carbonyl (C=O) groups is 2. The monoisotopic (exact) mass is 323 g/mol. The standard InChI is InChI=1S/C20H21NO3/c1-3-15-8-10-17(11-9-15)20(23)24-14(2)19(22)21-13-12-16-6-4-5-7-18(16)21/h4-11,14H,3,12-13H2,1-2H3/t14-/m1/s1. The summed E-state index contributed by atoms with van der Waals surface area (Å²) in [5, 5.41) is 0. The topological polar surface area (TPSA) is 46.6 Å². The summed E-state index contributed by atoms with van der Waals surface area (Å²) < 4.78 is 5.37. The predicted octanol–water partition coefficient (Wildman–Crippen LogP) is 3.38. The summed E-state index contributed by atoms with van der Waals surface area (Å²) in [7, 11) is 0. The Morgan fingerprint density at radius 3 is 2.54 bits per heavy atom. The van der Waals surface area contributed by atoms with Crippen LogP contribution in [0, 0.1) is 0 Å². The highest BCUT2D eigenvalue weighted by Crippen LogP contribution is 2.28. The van der Waals surface area contributed by atoms with Crippen LogP contribution in [0.25, 0.3) is 0 Å². The smallest absolute Gasteiger partial charge is 0.338 e. The third-order valence-electron chi connectivity index (χ3n) is 4.38. The maximum absolute atomic E-state index is 12.6. The van der Waals surface area contributed by atoms with Crippen LogP contribution < -0.4 is 4.90 Å². The van der Waals surface area contributed by atoms with E-state index in [-0.39, 0.29) is 5.91 Å². The predicted molar refractivity (Wildman–Crippen MR) is 93.2 cm³/mol. The molecule has 0 saturated heterocycles. The van der Waals surface area contributed by atoms with Gasteiger partial charge in [0.25, 0.3) is 5.91 Å². The number of fused-ring (bicyclic) bond motifs is 1. The molecule has 2 aromatic carbocycles. The van der Waals surface area contributed by atoms with E-state index in [4.69, 9.17) is 4.74 Å². The normalized spacial score (nSPS) is 14.2. The van der Waals surface area contributed by atoms with Gasteiger partial charge in [0.15, 0.2) is 6.10 Å². The van der Waals surface area contributed by atoms with Crippen LogP contribution in [0.3, 0.4) is 0 Å². The molecule has 1 aliphatic heterocycles. The van der Waals surface area contributed by atoms with Crippen LogP contribution >= 0.6 is 0 Å². The van der Waals surface area contributed by atoms with Crippen LogP contribution in [0.1, 0.15) is 35.3 Å². The second-order valence-corrected chi connectivity index (χ2v) is 5.97. The Morgan fingerprint density at radius 1 is 1.12 bits per heavy atom. The lowest BCUT2D eigenvalue weighted by molar-refractivity contribution is -0.126. The highest BCUT2D eigenvalue weighted by atomic mass is 16.5. The van der Waals surface area contributed by atoms with Crippen molar-refractivity contribution in [3.63, 3.8) is 0 Å². The minimum atomic E-state index is -0.811. The van der Waals surface area contributed by atoms with E-state index < -0.39 is 12.1 Å². The summed E-state index contributed by atoms with van der Waals surface area (Å²) in [5.41, 5.74) is 3.69. The average Bonchev–Trinajstić information content (AvgIpc) is 3.05. The number of ether oxygens (including phenoxy) is 1. The molecule has 4 heteroatoms. The summed E-state index contributed by atoms with van der Waals surface area (Å²) in [6, 6.07) is 15.1. The molecule has 0 bridgehead atoms. The molecule has 2 aromatic rings. The van der Waals surface area contributed by atoms with E-state index in [1.807, 2.05) is 36.4 Å². The van der Waals surface area contributed by atoms with Crippen molar-refractivity contribution in [3.8, 4) is 0 Å². The Labute approximate surface area is 142 Å². The molecule has 0 fully saturated rings. The highest BCUT2D eigenvalue weighted by molar-refractivity contribution is 6.00. The van der Waals surface area contributed by atoms with Gasteiger partial charge in [-0.25, -0.2) is 4.79 Å². The van der Waals surface area contributed by atoms with Gasteiger partial charge in [0, 0.05) is 12.2 Å². The minimum absolute atomic E-state index is 0.182. The first kappa shape index (κ1) is 16.2. The Bertz CT molecular complexity index is 752. The van der Waals surface area contributed by atoms with Gasteiger partial charge in [-0.2, -0.15) is 0 Å². The molecule has 0 N–H and O–H groups in total. The fraction of sp³-hybridized carbons (Fsp3) is 0.300. The third-order valence-corrected chi connectivity index (χ3v) is 4.38. The van der Waals surface area contributed by atoms with Crippen LogP contribution in [0.15, 0.2) is 48.5 Å². The Hall–Kier alpha value is -2.62. The molecule has 0 unspecified atom stereocenters. The first-order chi connectivity index (χ1) is 11.6. The molecule has 1 amide bonds. The second kappa shape index (κ2) is 6.87. The molecule has 0 spiro atoms. The third kappa shape index (κ3) is 3.18. The van der Waals surface area contributed by atoms with Gasteiger partial charge in [0.05, 0.1) is 5.56 Å². The molecule has 0 aliphatic carbocycles. The van der Waals surface area contributed by atoms with Crippen molar-refractivity contribution < 1.29 is 14.3 Å². The van der Waals surface area contributed by atoms with Gasteiger partial charge in [-0.05, 0) is 49.1 Å². The maximum atomic E-state index is 12.6. The largest absolute Gasteiger partial charge is 0.449 e. The SMILES string of the molecule is CCc1ccc(C(=O)O[C@H](C)C(=O)N2CCc3ccccc32)cc1. The van der Waals surface area contributed by atoms with E-state index in [1.165, 1.54) is 0 Å². The van der Waals surface area contributed by atoms with Gasteiger partial charge in [-0.1, -0.05) is 37.3 Å². The van der Waals surface area contributed by atoms with Crippen LogP contribution in [0.5, 0.6) is 0 Å². The van der Waals surface area contributed by atoms with Crippen LogP contribution in [-0.4, -0.2) is 24.5 Å². The number of aryl methyl sites for hydroxylation is 1. The quantitative estimate of drug-likeness (QED) is 0.810. The van der Waals surface area contributed by atoms with Gasteiger partial charge in [0.2, 0.25) is 0 Å². The average molecular weight is 323 g/mol. The van der Waals surface area contributed by atoms with Crippen molar-refractivity contribution in [2.24, 2.45) is 0 Å². The summed E-state index contributed by atoms with van der Waals surface area (Å²) in [6.07, 6.45) is 0.939. The second-order valence-electron chi connectivity index (χ2n) is 5.97. The van der Waals surface area contributed by atoms with Crippen LogP contribution in [0.2, 0.25) is 0 Å². The van der Waals surface area contributed by atoms with Crippen molar-refractivity contribution in [1.29, 1.82) is 0 Å². The summed E-state index contributed by atoms with van der Waals surface area (Å²) >= 11 is 0. The number of esters is 1. The van der Waals surface area contributed by atoms with E-state index in [9.17, 15) is 9.59 Å². The number of hydrogen-bond donors (Lipinski definition) is 0. The zero-order valence-electron chi connectivity index (χ0n) is 14.0. The number of benzene rings is 2. The van der Waals surface area contributed by atoms with E-state index >= 15 is 0 Å².